The minimum absolute atomic E-state index is 0.488. The number of rotatable bonds is 2. The van der Waals surface area contributed by atoms with Gasteiger partial charge >= 0.3 is 0 Å². The lowest BCUT2D eigenvalue weighted by atomic mass is 9.92. The normalized spacial score (nSPS) is 29.1. The van der Waals surface area contributed by atoms with Crippen LogP contribution in [0.25, 0.3) is 0 Å². The van der Waals surface area contributed by atoms with Crippen molar-refractivity contribution in [1.82, 2.24) is 9.80 Å². The van der Waals surface area contributed by atoms with Crippen LogP contribution >= 0.6 is 0 Å². The van der Waals surface area contributed by atoms with Crippen LogP contribution in [-0.4, -0.2) is 48.6 Å². The van der Waals surface area contributed by atoms with Crippen LogP contribution in [-0.2, 0) is 0 Å². The lowest BCUT2D eigenvalue weighted by Gasteiger charge is -2.28. The molecular formula is C14H28N2. The monoisotopic (exact) mass is 224 g/mol. The predicted molar refractivity (Wildman–Crippen MR) is 69.7 cm³/mol. The van der Waals surface area contributed by atoms with E-state index in [1.54, 1.807) is 0 Å². The lowest BCUT2D eigenvalue weighted by Crippen LogP contribution is -2.37. The highest BCUT2D eigenvalue weighted by molar-refractivity contribution is 4.85. The van der Waals surface area contributed by atoms with Gasteiger partial charge in [-0.1, -0.05) is 20.8 Å². The molecule has 1 atom stereocenters. The second-order valence-electron chi connectivity index (χ2n) is 6.80. The maximum Gasteiger partial charge on any atom is 0.0223 e. The molecule has 0 aromatic heterocycles. The Morgan fingerprint density at radius 2 is 1.81 bits per heavy atom. The van der Waals surface area contributed by atoms with Gasteiger partial charge in [0, 0.05) is 12.6 Å². The molecule has 0 N–H and O–H groups in total. The molecule has 0 aromatic rings. The molecule has 0 aliphatic carbocycles. The van der Waals surface area contributed by atoms with Crippen molar-refractivity contribution in [3.8, 4) is 0 Å². The maximum atomic E-state index is 2.72. The van der Waals surface area contributed by atoms with Crippen molar-refractivity contribution < 1.29 is 0 Å². The quantitative estimate of drug-likeness (QED) is 0.711. The third kappa shape index (κ3) is 3.46. The van der Waals surface area contributed by atoms with Crippen molar-refractivity contribution in [2.45, 2.75) is 52.5 Å². The summed E-state index contributed by atoms with van der Waals surface area (Å²) in [5.41, 5.74) is 0.488. The summed E-state index contributed by atoms with van der Waals surface area (Å²) in [6.45, 7) is 13.7. The van der Waals surface area contributed by atoms with E-state index < -0.39 is 0 Å². The third-order valence-electron chi connectivity index (χ3n) is 4.07. The highest BCUT2D eigenvalue weighted by Gasteiger charge is 2.28. The molecule has 0 bridgehead atoms. The Hall–Kier alpha value is -0.0800. The Kier molecular flexibility index (Phi) is 3.91. The van der Waals surface area contributed by atoms with E-state index in [2.05, 4.69) is 30.6 Å². The molecule has 0 amide bonds. The first-order valence-corrected chi connectivity index (χ1v) is 7.01. The summed E-state index contributed by atoms with van der Waals surface area (Å²) in [6, 6.07) is 0.877. The van der Waals surface area contributed by atoms with Gasteiger partial charge < -0.3 is 4.90 Å². The van der Waals surface area contributed by atoms with Crippen LogP contribution in [0.3, 0.4) is 0 Å². The van der Waals surface area contributed by atoms with E-state index in [0.29, 0.717) is 5.41 Å². The van der Waals surface area contributed by atoms with E-state index in [9.17, 15) is 0 Å². The van der Waals surface area contributed by atoms with Crippen LogP contribution in [0.15, 0.2) is 0 Å². The van der Waals surface area contributed by atoms with Gasteiger partial charge in [-0.05, 0) is 57.3 Å². The van der Waals surface area contributed by atoms with Gasteiger partial charge in [0.2, 0.25) is 0 Å². The lowest BCUT2D eigenvalue weighted by molar-refractivity contribution is 0.199. The average molecular weight is 224 g/mol. The third-order valence-corrected chi connectivity index (χ3v) is 4.07. The zero-order valence-corrected chi connectivity index (χ0v) is 11.3. The molecule has 2 rings (SSSR count). The molecule has 2 nitrogen and oxygen atoms in total. The fourth-order valence-electron chi connectivity index (χ4n) is 2.98. The molecule has 2 aliphatic rings. The molecule has 2 aliphatic heterocycles. The van der Waals surface area contributed by atoms with Crippen molar-refractivity contribution in [2.24, 2.45) is 5.41 Å². The Labute approximate surface area is 101 Å². The fourth-order valence-corrected chi connectivity index (χ4v) is 2.98. The summed E-state index contributed by atoms with van der Waals surface area (Å²) < 4.78 is 0. The highest BCUT2D eigenvalue weighted by atomic mass is 15.3. The second-order valence-corrected chi connectivity index (χ2v) is 6.80. The largest absolute Gasteiger partial charge is 0.302 e. The first-order chi connectivity index (χ1) is 7.54. The molecule has 94 valence electrons. The van der Waals surface area contributed by atoms with Crippen molar-refractivity contribution in [2.75, 3.05) is 32.7 Å². The van der Waals surface area contributed by atoms with Gasteiger partial charge in [0.1, 0.15) is 0 Å². The van der Waals surface area contributed by atoms with E-state index in [0.717, 1.165) is 6.04 Å². The van der Waals surface area contributed by atoms with Gasteiger partial charge in [0.15, 0.2) is 0 Å². The topological polar surface area (TPSA) is 6.48 Å². The summed E-state index contributed by atoms with van der Waals surface area (Å²) in [5.74, 6) is 0. The summed E-state index contributed by atoms with van der Waals surface area (Å²) in [5, 5.41) is 0. The summed E-state index contributed by atoms with van der Waals surface area (Å²) in [4.78, 5) is 5.43. The van der Waals surface area contributed by atoms with Gasteiger partial charge in [-0.2, -0.15) is 0 Å². The standard InChI is InChI=1S/C14H28N2/c1-14(2,3)7-11-15-8-5-10-16-9-4-6-13(16)12-15/h13H,4-12H2,1-3H3. The minimum atomic E-state index is 0.488. The number of nitrogens with zero attached hydrogens (tertiary/aromatic N) is 2. The number of hydrogen-bond donors (Lipinski definition) is 0. The van der Waals surface area contributed by atoms with Crippen LogP contribution < -0.4 is 0 Å². The van der Waals surface area contributed by atoms with E-state index in [1.165, 1.54) is 58.4 Å². The molecule has 2 saturated heterocycles. The molecule has 16 heavy (non-hydrogen) atoms. The Balaban J connectivity index is 1.81. The van der Waals surface area contributed by atoms with E-state index in [-0.39, 0.29) is 0 Å². The minimum Gasteiger partial charge on any atom is -0.302 e. The van der Waals surface area contributed by atoms with Crippen molar-refractivity contribution in [1.29, 1.82) is 0 Å². The van der Waals surface area contributed by atoms with Gasteiger partial charge in [0.25, 0.3) is 0 Å². The molecule has 0 radical (unpaired) electrons. The van der Waals surface area contributed by atoms with Crippen LogP contribution in [0.5, 0.6) is 0 Å². The Morgan fingerprint density at radius 3 is 2.56 bits per heavy atom. The number of hydrogen-bond acceptors (Lipinski definition) is 2. The molecular weight excluding hydrogens is 196 g/mol. The Morgan fingerprint density at radius 1 is 1.06 bits per heavy atom. The average Bonchev–Trinajstić information content (AvgIpc) is 2.52. The first-order valence-electron chi connectivity index (χ1n) is 7.01. The first kappa shape index (κ1) is 12.4. The van der Waals surface area contributed by atoms with Crippen LogP contribution in [0.4, 0.5) is 0 Å². The molecule has 2 fully saturated rings. The van der Waals surface area contributed by atoms with Gasteiger partial charge in [0.05, 0.1) is 0 Å². The molecule has 2 heterocycles. The second kappa shape index (κ2) is 5.05. The van der Waals surface area contributed by atoms with Crippen LogP contribution in [0.2, 0.25) is 0 Å². The van der Waals surface area contributed by atoms with Gasteiger partial charge in [-0.25, -0.2) is 0 Å². The van der Waals surface area contributed by atoms with E-state index in [1.807, 2.05) is 0 Å². The molecule has 0 spiro atoms. The summed E-state index contributed by atoms with van der Waals surface area (Å²) in [7, 11) is 0. The SMILES string of the molecule is CC(C)(C)CCN1CCCN2CCCC2C1. The molecule has 2 heteroatoms. The fraction of sp³-hybridized carbons (Fsp3) is 1.00. The molecule has 1 unspecified atom stereocenters. The Bertz CT molecular complexity index is 219. The smallest absolute Gasteiger partial charge is 0.0223 e. The molecule has 0 aromatic carbocycles. The van der Waals surface area contributed by atoms with Gasteiger partial charge in [-0.3, -0.25) is 4.90 Å². The van der Waals surface area contributed by atoms with Crippen molar-refractivity contribution in [3.63, 3.8) is 0 Å². The highest BCUT2D eigenvalue weighted by Crippen LogP contribution is 2.23. The van der Waals surface area contributed by atoms with Crippen molar-refractivity contribution in [3.05, 3.63) is 0 Å². The van der Waals surface area contributed by atoms with Crippen LogP contribution in [0.1, 0.15) is 46.5 Å². The van der Waals surface area contributed by atoms with Crippen molar-refractivity contribution >= 4 is 0 Å². The zero-order valence-electron chi connectivity index (χ0n) is 11.3. The van der Waals surface area contributed by atoms with Crippen LogP contribution in [0, 0.1) is 5.41 Å². The van der Waals surface area contributed by atoms with Gasteiger partial charge in [-0.15, -0.1) is 0 Å². The molecule has 0 saturated carbocycles. The summed E-state index contributed by atoms with van der Waals surface area (Å²) in [6.07, 6.45) is 5.57. The predicted octanol–water partition coefficient (Wildman–Crippen LogP) is 2.59. The zero-order chi connectivity index (χ0) is 11.6. The van der Waals surface area contributed by atoms with E-state index in [4.69, 9.17) is 0 Å². The maximum absolute atomic E-state index is 2.72. The summed E-state index contributed by atoms with van der Waals surface area (Å²) >= 11 is 0. The van der Waals surface area contributed by atoms with E-state index >= 15 is 0 Å². The number of fused-ring (bicyclic) bond motifs is 1.